The van der Waals surface area contributed by atoms with Crippen LogP contribution in [0.4, 0.5) is 0 Å². The monoisotopic (exact) mass is 147 g/mol. The summed E-state index contributed by atoms with van der Waals surface area (Å²) in [6, 6.07) is 0. The van der Waals surface area contributed by atoms with E-state index in [2.05, 4.69) is 13.8 Å². The third-order valence-electron chi connectivity index (χ3n) is 0.837. The van der Waals surface area contributed by atoms with E-state index < -0.39 is 0 Å². The molecule has 0 heterocycles. The summed E-state index contributed by atoms with van der Waals surface area (Å²) < 4.78 is 0. The van der Waals surface area contributed by atoms with E-state index in [-0.39, 0.29) is 0 Å². The second-order valence-corrected chi connectivity index (χ2v) is 3.21. The van der Waals surface area contributed by atoms with Gasteiger partial charge in [-0.2, -0.15) is 0 Å². The number of rotatable bonds is 2. The molecule has 0 unspecified atom stereocenters. The lowest BCUT2D eigenvalue weighted by molar-refractivity contribution is 0.248. The summed E-state index contributed by atoms with van der Waals surface area (Å²) in [4.78, 5) is 0. The van der Waals surface area contributed by atoms with Gasteiger partial charge in [-0.1, -0.05) is 27.7 Å². The minimum Gasteiger partial charge on any atom is -0.396 e. The predicted molar refractivity (Wildman–Crippen MR) is 45.8 cm³/mol. The molecule has 3 N–H and O–H groups in total. The molecule has 0 atom stereocenters. The maximum absolute atomic E-state index is 8.14. The summed E-state index contributed by atoms with van der Waals surface area (Å²) in [7, 11) is 0. The second kappa shape index (κ2) is 8.92. The van der Waals surface area contributed by atoms with Crippen molar-refractivity contribution in [2.24, 2.45) is 17.6 Å². The molecule has 0 aliphatic heterocycles. The topological polar surface area (TPSA) is 46.2 Å². The SMILES string of the molecule is CC(C)CN.CC(C)CO. The highest BCUT2D eigenvalue weighted by molar-refractivity contribution is 4.38. The molecule has 0 aromatic rings. The van der Waals surface area contributed by atoms with E-state index in [9.17, 15) is 0 Å². The van der Waals surface area contributed by atoms with Crippen molar-refractivity contribution in [2.45, 2.75) is 27.7 Å². The van der Waals surface area contributed by atoms with Crippen LogP contribution in [0.5, 0.6) is 0 Å². The van der Waals surface area contributed by atoms with Gasteiger partial charge in [0.2, 0.25) is 0 Å². The van der Waals surface area contributed by atoms with Gasteiger partial charge in [-0.3, -0.25) is 0 Å². The molecule has 0 amide bonds. The van der Waals surface area contributed by atoms with Crippen LogP contribution in [-0.4, -0.2) is 18.3 Å². The fourth-order valence-electron chi connectivity index (χ4n) is 0. The number of nitrogens with two attached hydrogens (primary N) is 1. The van der Waals surface area contributed by atoms with Crippen LogP contribution in [0.2, 0.25) is 0 Å². The number of aliphatic hydroxyl groups excluding tert-OH is 1. The normalized spacial score (nSPS) is 9.60. The Morgan fingerprint density at radius 3 is 1.30 bits per heavy atom. The lowest BCUT2D eigenvalue weighted by Crippen LogP contribution is -2.05. The summed E-state index contributed by atoms with van der Waals surface area (Å²) in [6.07, 6.45) is 0. The average Bonchev–Trinajstić information content (AvgIpc) is 1.89. The standard InChI is InChI=1S/C4H11N.C4H10O/c2*1-4(2)3-5/h4H,3,5H2,1-2H3;4-5H,3H2,1-2H3. The van der Waals surface area contributed by atoms with E-state index in [0.29, 0.717) is 18.4 Å². The first kappa shape index (κ1) is 12.6. The smallest absolute Gasteiger partial charge is 0.0453 e. The first-order valence-corrected chi connectivity index (χ1v) is 3.85. The van der Waals surface area contributed by atoms with Gasteiger partial charge in [0.15, 0.2) is 0 Å². The molecule has 0 rings (SSSR count). The van der Waals surface area contributed by atoms with Crippen molar-refractivity contribution >= 4 is 0 Å². The highest BCUT2D eigenvalue weighted by atomic mass is 16.3. The second-order valence-electron chi connectivity index (χ2n) is 3.21. The van der Waals surface area contributed by atoms with Gasteiger partial charge in [-0.15, -0.1) is 0 Å². The van der Waals surface area contributed by atoms with Crippen molar-refractivity contribution in [2.75, 3.05) is 13.2 Å². The number of hydrogen-bond acceptors (Lipinski definition) is 2. The molecular formula is C8H21NO. The maximum atomic E-state index is 8.14. The lowest BCUT2D eigenvalue weighted by Gasteiger charge is -1.91. The molecular weight excluding hydrogens is 126 g/mol. The molecule has 0 aromatic carbocycles. The highest BCUT2D eigenvalue weighted by Crippen LogP contribution is 1.83. The van der Waals surface area contributed by atoms with Gasteiger partial charge in [-0.25, -0.2) is 0 Å². The number of aliphatic hydroxyl groups is 1. The van der Waals surface area contributed by atoms with E-state index in [1.165, 1.54) is 0 Å². The van der Waals surface area contributed by atoms with E-state index in [4.69, 9.17) is 10.8 Å². The van der Waals surface area contributed by atoms with E-state index in [1.54, 1.807) is 0 Å². The highest BCUT2D eigenvalue weighted by Gasteiger charge is 1.81. The van der Waals surface area contributed by atoms with Crippen molar-refractivity contribution < 1.29 is 5.11 Å². The molecule has 0 fully saturated rings. The zero-order valence-electron chi connectivity index (χ0n) is 7.59. The van der Waals surface area contributed by atoms with Crippen LogP contribution in [-0.2, 0) is 0 Å². The van der Waals surface area contributed by atoms with Crippen LogP contribution in [0, 0.1) is 11.8 Å². The summed E-state index contributed by atoms with van der Waals surface area (Å²) in [5.41, 5.74) is 5.17. The first-order chi connectivity index (χ1) is 4.54. The van der Waals surface area contributed by atoms with Crippen molar-refractivity contribution in [1.82, 2.24) is 0 Å². The predicted octanol–water partition coefficient (Wildman–Crippen LogP) is 1.24. The van der Waals surface area contributed by atoms with Gasteiger partial charge < -0.3 is 10.8 Å². The first-order valence-electron chi connectivity index (χ1n) is 3.85. The van der Waals surface area contributed by atoms with E-state index in [0.717, 1.165) is 6.54 Å². The van der Waals surface area contributed by atoms with Gasteiger partial charge in [0.25, 0.3) is 0 Å². The molecule has 64 valence electrons. The van der Waals surface area contributed by atoms with Crippen LogP contribution in [0.25, 0.3) is 0 Å². The van der Waals surface area contributed by atoms with Gasteiger partial charge in [0, 0.05) is 6.61 Å². The summed E-state index contributed by atoms with van der Waals surface area (Å²) in [5.74, 6) is 1.10. The maximum Gasteiger partial charge on any atom is 0.0453 e. The Hall–Kier alpha value is -0.0800. The Morgan fingerprint density at radius 2 is 1.30 bits per heavy atom. The zero-order chi connectivity index (χ0) is 8.57. The third kappa shape index (κ3) is 24.7. The van der Waals surface area contributed by atoms with Crippen LogP contribution < -0.4 is 5.73 Å². The molecule has 0 aliphatic carbocycles. The van der Waals surface area contributed by atoms with Crippen LogP contribution in [0.3, 0.4) is 0 Å². The van der Waals surface area contributed by atoms with Gasteiger partial charge in [0.05, 0.1) is 0 Å². The van der Waals surface area contributed by atoms with Crippen LogP contribution in [0.15, 0.2) is 0 Å². The van der Waals surface area contributed by atoms with Gasteiger partial charge in [0.1, 0.15) is 0 Å². The third-order valence-corrected chi connectivity index (χ3v) is 0.837. The van der Waals surface area contributed by atoms with Crippen molar-refractivity contribution in [3.05, 3.63) is 0 Å². The minimum atomic E-state index is 0.306. The fraction of sp³-hybridized carbons (Fsp3) is 1.00. The molecule has 10 heavy (non-hydrogen) atoms. The largest absolute Gasteiger partial charge is 0.396 e. The Morgan fingerprint density at radius 1 is 1.10 bits per heavy atom. The summed E-state index contributed by atoms with van der Waals surface area (Å²) in [5, 5.41) is 8.14. The Bertz CT molecular complexity index is 45.2. The molecule has 0 saturated carbocycles. The lowest BCUT2D eigenvalue weighted by atomic mass is 10.2. The van der Waals surface area contributed by atoms with Crippen molar-refractivity contribution in [1.29, 1.82) is 0 Å². The quantitative estimate of drug-likeness (QED) is 0.617. The summed E-state index contributed by atoms with van der Waals surface area (Å²) in [6.45, 7) is 9.25. The molecule has 2 nitrogen and oxygen atoms in total. The molecule has 0 saturated heterocycles. The molecule has 0 aromatic heterocycles. The van der Waals surface area contributed by atoms with Crippen molar-refractivity contribution in [3.63, 3.8) is 0 Å². The van der Waals surface area contributed by atoms with Crippen LogP contribution >= 0.6 is 0 Å². The average molecular weight is 147 g/mol. The van der Waals surface area contributed by atoms with Crippen LogP contribution in [0.1, 0.15) is 27.7 Å². The number of hydrogen-bond donors (Lipinski definition) is 2. The summed E-state index contributed by atoms with van der Waals surface area (Å²) >= 11 is 0. The van der Waals surface area contributed by atoms with Gasteiger partial charge in [-0.05, 0) is 18.4 Å². The van der Waals surface area contributed by atoms with E-state index >= 15 is 0 Å². The molecule has 0 bridgehead atoms. The molecule has 2 heteroatoms. The Labute approximate surface area is 64.4 Å². The molecule has 0 spiro atoms. The fourth-order valence-corrected chi connectivity index (χ4v) is 0. The molecule has 0 aliphatic rings. The van der Waals surface area contributed by atoms with Gasteiger partial charge >= 0.3 is 0 Å². The molecule has 0 radical (unpaired) electrons. The van der Waals surface area contributed by atoms with E-state index in [1.807, 2.05) is 13.8 Å². The Balaban J connectivity index is 0. The Kier molecular flexibility index (Phi) is 11.2. The zero-order valence-corrected chi connectivity index (χ0v) is 7.59. The minimum absolute atomic E-state index is 0.306. The van der Waals surface area contributed by atoms with Crippen molar-refractivity contribution in [3.8, 4) is 0 Å².